The van der Waals surface area contributed by atoms with Crippen molar-refractivity contribution in [2.24, 2.45) is 0 Å². The number of aromatic nitrogens is 1. The van der Waals surface area contributed by atoms with Crippen LogP contribution in [0.1, 0.15) is 32.8 Å². The van der Waals surface area contributed by atoms with Crippen LogP contribution in [0.15, 0.2) is 60.4 Å². The van der Waals surface area contributed by atoms with Crippen LogP contribution in [0.5, 0.6) is 0 Å². The molecule has 1 aromatic heterocycles. The Morgan fingerprint density at radius 2 is 1.89 bits per heavy atom. The fourth-order valence-corrected chi connectivity index (χ4v) is 2.68. The molecule has 0 N–H and O–H groups in total. The van der Waals surface area contributed by atoms with Crippen LogP contribution in [0, 0.1) is 0 Å². The number of allylic oxidation sites excluding steroid dienone is 5. The minimum absolute atomic E-state index is 0.0515. The molecule has 0 amide bonds. The number of carbonyl (C=O) groups excluding carboxylic acids is 2. The zero-order valence-electron chi connectivity index (χ0n) is 15.1. The Kier molecular flexibility index (Phi) is 5.66. The topological polar surface area (TPSA) is 74.7 Å². The number of rotatable bonds is 5. The van der Waals surface area contributed by atoms with Gasteiger partial charge in [0.2, 0.25) is 0 Å². The fourth-order valence-electron chi connectivity index (χ4n) is 2.68. The smallest absolute Gasteiger partial charge is 0.356 e. The number of pyridine rings is 1. The van der Waals surface area contributed by atoms with Gasteiger partial charge in [-0.3, -0.25) is 0 Å². The van der Waals surface area contributed by atoms with Gasteiger partial charge in [-0.15, -0.1) is 0 Å². The summed E-state index contributed by atoms with van der Waals surface area (Å²) in [6, 6.07) is 6.78. The lowest BCUT2D eigenvalue weighted by Crippen LogP contribution is -2.10. The standard InChI is InChI=1S/C21H19NO5/c1-25-20(23)17-12-19(21(24)26-2)22-18-10-9-14(11-16(17)18)13-27-15-7-5-3-4-6-8-15/h3-5,7-12H,6,13H2,1-2H3. The molecule has 2 aromatic rings. The molecule has 0 fully saturated rings. The van der Waals surface area contributed by atoms with E-state index in [9.17, 15) is 9.59 Å². The highest BCUT2D eigenvalue weighted by atomic mass is 16.5. The fraction of sp³-hybridized carbons (Fsp3) is 0.190. The first-order valence-corrected chi connectivity index (χ1v) is 8.39. The molecule has 0 unspecified atom stereocenters. The molecule has 1 aromatic carbocycles. The van der Waals surface area contributed by atoms with Crippen LogP contribution in [0.4, 0.5) is 0 Å². The maximum atomic E-state index is 12.2. The highest BCUT2D eigenvalue weighted by Gasteiger charge is 2.18. The van der Waals surface area contributed by atoms with Crippen molar-refractivity contribution >= 4 is 22.8 Å². The van der Waals surface area contributed by atoms with E-state index in [1.54, 1.807) is 6.07 Å². The molecule has 0 saturated carbocycles. The van der Waals surface area contributed by atoms with E-state index in [1.807, 2.05) is 42.5 Å². The molecular formula is C21H19NO5. The average molecular weight is 365 g/mol. The number of carbonyl (C=O) groups is 2. The quantitative estimate of drug-likeness (QED) is 0.752. The van der Waals surface area contributed by atoms with Crippen molar-refractivity contribution in [1.82, 2.24) is 4.98 Å². The highest BCUT2D eigenvalue weighted by molar-refractivity contribution is 6.05. The molecule has 3 rings (SSSR count). The van der Waals surface area contributed by atoms with Crippen LogP contribution >= 0.6 is 0 Å². The molecular weight excluding hydrogens is 346 g/mol. The Bertz CT molecular complexity index is 972. The van der Waals surface area contributed by atoms with Gasteiger partial charge in [0.15, 0.2) is 0 Å². The molecule has 1 aliphatic carbocycles. The molecule has 138 valence electrons. The van der Waals surface area contributed by atoms with Gasteiger partial charge in [-0.1, -0.05) is 24.3 Å². The van der Waals surface area contributed by atoms with Gasteiger partial charge < -0.3 is 14.2 Å². The summed E-state index contributed by atoms with van der Waals surface area (Å²) in [5.74, 6) is -0.381. The summed E-state index contributed by atoms with van der Waals surface area (Å²) in [7, 11) is 2.55. The molecule has 1 aliphatic rings. The third-order valence-corrected chi connectivity index (χ3v) is 4.04. The van der Waals surface area contributed by atoms with E-state index in [4.69, 9.17) is 14.2 Å². The highest BCUT2D eigenvalue weighted by Crippen LogP contribution is 2.23. The number of esters is 2. The number of benzene rings is 1. The lowest BCUT2D eigenvalue weighted by Gasteiger charge is -2.10. The summed E-state index contributed by atoms with van der Waals surface area (Å²) in [4.78, 5) is 28.3. The van der Waals surface area contributed by atoms with Gasteiger partial charge in [-0.05, 0) is 42.3 Å². The minimum atomic E-state index is -0.616. The van der Waals surface area contributed by atoms with Crippen LogP contribution in [-0.2, 0) is 20.8 Å². The van der Waals surface area contributed by atoms with Crippen LogP contribution in [0.25, 0.3) is 10.9 Å². The van der Waals surface area contributed by atoms with Gasteiger partial charge in [0.25, 0.3) is 0 Å². The monoisotopic (exact) mass is 365 g/mol. The number of ether oxygens (including phenoxy) is 3. The lowest BCUT2D eigenvalue weighted by molar-refractivity contribution is 0.0594. The Labute approximate surface area is 156 Å². The molecule has 0 aliphatic heterocycles. The molecule has 6 heteroatoms. The van der Waals surface area contributed by atoms with Crippen molar-refractivity contribution in [2.75, 3.05) is 14.2 Å². The summed E-state index contributed by atoms with van der Waals surface area (Å²) < 4.78 is 15.4. The Balaban J connectivity index is 1.94. The molecule has 1 heterocycles. The SMILES string of the molecule is COC(=O)c1cc(C(=O)OC)c2cc(COC3=CCC=CC=C3)ccc2n1. The van der Waals surface area contributed by atoms with Crippen molar-refractivity contribution in [1.29, 1.82) is 0 Å². The van der Waals surface area contributed by atoms with Crippen molar-refractivity contribution in [2.45, 2.75) is 13.0 Å². The second-order valence-corrected chi connectivity index (χ2v) is 5.81. The molecule has 0 radical (unpaired) electrons. The largest absolute Gasteiger partial charge is 0.489 e. The zero-order chi connectivity index (χ0) is 19.2. The number of hydrogen-bond donors (Lipinski definition) is 0. The number of hydrogen-bond acceptors (Lipinski definition) is 6. The first kappa shape index (κ1) is 18.4. The predicted octanol–water partition coefficient (Wildman–Crippen LogP) is 3.72. The van der Waals surface area contributed by atoms with E-state index in [0.717, 1.165) is 17.7 Å². The number of fused-ring (bicyclic) bond motifs is 1. The zero-order valence-corrected chi connectivity index (χ0v) is 15.1. The predicted molar refractivity (Wildman–Crippen MR) is 100 cm³/mol. The van der Waals surface area contributed by atoms with E-state index >= 15 is 0 Å². The van der Waals surface area contributed by atoms with E-state index in [2.05, 4.69) is 4.98 Å². The van der Waals surface area contributed by atoms with E-state index in [0.29, 0.717) is 17.5 Å². The van der Waals surface area contributed by atoms with Gasteiger partial charge in [0, 0.05) is 5.39 Å². The van der Waals surface area contributed by atoms with E-state index in [1.165, 1.54) is 20.3 Å². The average Bonchev–Trinajstić information content (AvgIpc) is 2.99. The van der Waals surface area contributed by atoms with Crippen molar-refractivity contribution in [3.63, 3.8) is 0 Å². The maximum absolute atomic E-state index is 12.2. The Hall–Kier alpha value is -3.41. The van der Waals surface area contributed by atoms with Gasteiger partial charge in [0.05, 0.1) is 25.3 Å². The van der Waals surface area contributed by atoms with Crippen LogP contribution in [0.2, 0.25) is 0 Å². The Morgan fingerprint density at radius 1 is 1.07 bits per heavy atom. The van der Waals surface area contributed by atoms with Crippen molar-refractivity contribution < 1.29 is 23.8 Å². The molecule has 0 atom stereocenters. The first-order valence-electron chi connectivity index (χ1n) is 8.39. The molecule has 6 nitrogen and oxygen atoms in total. The summed E-state index contributed by atoms with van der Waals surface area (Å²) in [5, 5.41) is 0.586. The molecule has 27 heavy (non-hydrogen) atoms. The molecule has 0 bridgehead atoms. The summed E-state index contributed by atoms with van der Waals surface area (Å²) in [6.45, 7) is 0.339. The van der Waals surface area contributed by atoms with Crippen LogP contribution in [-0.4, -0.2) is 31.1 Å². The van der Waals surface area contributed by atoms with Gasteiger partial charge in [0.1, 0.15) is 18.1 Å². The number of methoxy groups -OCH3 is 2. The summed E-state index contributed by atoms with van der Waals surface area (Å²) in [6.07, 6.45) is 10.6. The lowest BCUT2D eigenvalue weighted by atomic mass is 10.0. The number of nitrogens with zero attached hydrogens (tertiary/aromatic N) is 1. The van der Waals surface area contributed by atoms with Crippen molar-refractivity contribution in [3.8, 4) is 0 Å². The third kappa shape index (κ3) is 4.23. The maximum Gasteiger partial charge on any atom is 0.356 e. The third-order valence-electron chi connectivity index (χ3n) is 4.04. The normalized spacial score (nSPS) is 13.0. The second kappa shape index (κ2) is 8.31. The van der Waals surface area contributed by atoms with Crippen molar-refractivity contribution in [3.05, 3.63) is 77.2 Å². The van der Waals surface area contributed by atoms with E-state index < -0.39 is 11.9 Å². The Morgan fingerprint density at radius 3 is 2.67 bits per heavy atom. The van der Waals surface area contributed by atoms with Gasteiger partial charge >= 0.3 is 11.9 Å². The second-order valence-electron chi connectivity index (χ2n) is 5.81. The summed E-state index contributed by atoms with van der Waals surface area (Å²) in [5.41, 5.74) is 1.67. The van der Waals surface area contributed by atoms with Gasteiger partial charge in [-0.2, -0.15) is 0 Å². The minimum Gasteiger partial charge on any atom is -0.489 e. The van der Waals surface area contributed by atoms with Crippen LogP contribution in [0.3, 0.4) is 0 Å². The first-order chi connectivity index (χ1) is 13.1. The summed E-state index contributed by atoms with van der Waals surface area (Å²) >= 11 is 0. The molecule has 0 saturated heterocycles. The molecule has 0 spiro atoms. The van der Waals surface area contributed by atoms with E-state index in [-0.39, 0.29) is 11.3 Å². The van der Waals surface area contributed by atoms with Gasteiger partial charge in [-0.25, -0.2) is 14.6 Å². The van der Waals surface area contributed by atoms with Crippen LogP contribution < -0.4 is 0 Å².